The van der Waals surface area contributed by atoms with Crippen LogP contribution in [0.2, 0.25) is 0 Å². The first kappa shape index (κ1) is 12.9. The van der Waals surface area contributed by atoms with Crippen LogP contribution in [0.15, 0.2) is 12.3 Å². The van der Waals surface area contributed by atoms with E-state index in [1.54, 1.807) is 0 Å². The highest BCUT2D eigenvalue weighted by atomic mass is 16.4. The van der Waals surface area contributed by atoms with Gasteiger partial charge in [0.25, 0.3) is 0 Å². The number of hydrogen-bond acceptors (Lipinski definition) is 3. The Labute approximate surface area is 107 Å². The third kappa shape index (κ3) is 2.47. The number of nitrogens with zero attached hydrogens (tertiary/aromatic N) is 1. The Bertz CT molecular complexity index is 448. The summed E-state index contributed by atoms with van der Waals surface area (Å²) in [5, 5.41) is 12.4. The van der Waals surface area contributed by atoms with Crippen LogP contribution in [0.3, 0.4) is 0 Å². The standard InChI is InChI=1S/C14H20N2O2/c1-3-14(5-4-6-14)9-16-12-7-10(2)15-8-11(12)13(17)18/h7-8H,3-6,9H2,1-2H3,(H,15,16)(H,17,18). The second-order valence-corrected chi connectivity index (χ2v) is 5.24. The van der Waals surface area contributed by atoms with Gasteiger partial charge in [0.05, 0.1) is 5.69 Å². The van der Waals surface area contributed by atoms with E-state index in [9.17, 15) is 4.79 Å². The first-order chi connectivity index (χ1) is 8.56. The van der Waals surface area contributed by atoms with Crippen molar-refractivity contribution in [1.29, 1.82) is 0 Å². The van der Waals surface area contributed by atoms with Crippen molar-refractivity contribution in [3.63, 3.8) is 0 Å². The highest BCUT2D eigenvalue weighted by Crippen LogP contribution is 2.43. The van der Waals surface area contributed by atoms with Crippen molar-refractivity contribution in [3.8, 4) is 0 Å². The molecule has 2 N–H and O–H groups in total. The molecule has 1 aromatic rings. The Morgan fingerprint density at radius 3 is 2.78 bits per heavy atom. The molecule has 1 saturated carbocycles. The molecule has 18 heavy (non-hydrogen) atoms. The zero-order chi connectivity index (χ0) is 13.2. The van der Waals surface area contributed by atoms with Crippen molar-refractivity contribution in [2.24, 2.45) is 5.41 Å². The fourth-order valence-electron chi connectivity index (χ4n) is 2.49. The van der Waals surface area contributed by atoms with Gasteiger partial charge in [0.15, 0.2) is 0 Å². The fraction of sp³-hybridized carbons (Fsp3) is 0.571. The number of aromatic nitrogens is 1. The molecule has 0 bridgehead atoms. The van der Waals surface area contributed by atoms with Gasteiger partial charge in [-0.15, -0.1) is 0 Å². The molecule has 4 nitrogen and oxygen atoms in total. The van der Waals surface area contributed by atoms with Crippen LogP contribution < -0.4 is 5.32 Å². The number of aromatic carboxylic acids is 1. The summed E-state index contributed by atoms with van der Waals surface area (Å²) in [6.07, 6.45) is 6.34. The van der Waals surface area contributed by atoms with Gasteiger partial charge in [0.1, 0.15) is 5.56 Å². The molecule has 1 fully saturated rings. The van der Waals surface area contributed by atoms with Crippen molar-refractivity contribution in [3.05, 3.63) is 23.5 Å². The maximum absolute atomic E-state index is 11.1. The number of carboxylic acids is 1. The zero-order valence-corrected chi connectivity index (χ0v) is 11.0. The predicted octanol–water partition coefficient (Wildman–Crippen LogP) is 3.08. The highest BCUT2D eigenvalue weighted by molar-refractivity contribution is 5.93. The third-order valence-electron chi connectivity index (χ3n) is 4.09. The van der Waals surface area contributed by atoms with E-state index < -0.39 is 5.97 Å². The molecule has 0 aliphatic heterocycles. The first-order valence-corrected chi connectivity index (χ1v) is 6.50. The minimum Gasteiger partial charge on any atom is -0.478 e. The lowest BCUT2D eigenvalue weighted by Crippen LogP contribution is -2.36. The van der Waals surface area contributed by atoms with Crippen LogP contribution in [0.4, 0.5) is 5.69 Å². The maximum atomic E-state index is 11.1. The molecule has 98 valence electrons. The molecule has 0 atom stereocenters. The molecule has 1 heterocycles. The molecule has 0 saturated heterocycles. The maximum Gasteiger partial charge on any atom is 0.339 e. The van der Waals surface area contributed by atoms with Crippen LogP contribution in [0.1, 0.15) is 48.7 Å². The topological polar surface area (TPSA) is 62.2 Å². The molecule has 0 spiro atoms. The predicted molar refractivity (Wildman–Crippen MR) is 71.0 cm³/mol. The lowest BCUT2D eigenvalue weighted by atomic mass is 9.67. The minimum absolute atomic E-state index is 0.256. The molecule has 4 heteroatoms. The van der Waals surface area contributed by atoms with E-state index in [2.05, 4.69) is 17.2 Å². The quantitative estimate of drug-likeness (QED) is 0.840. The molecule has 1 aromatic heterocycles. The average molecular weight is 248 g/mol. The third-order valence-corrected chi connectivity index (χ3v) is 4.09. The SMILES string of the molecule is CCC1(CNc2cc(C)ncc2C(=O)O)CCC1. The highest BCUT2D eigenvalue weighted by Gasteiger charge is 2.34. The average Bonchev–Trinajstić information content (AvgIpc) is 2.28. The molecule has 0 radical (unpaired) electrons. The zero-order valence-electron chi connectivity index (χ0n) is 11.0. The normalized spacial score (nSPS) is 17.0. The van der Waals surface area contributed by atoms with Crippen molar-refractivity contribution in [1.82, 2.24) is 4.98 Å². The van der Waals surface area contributed by atoms with Crippen LogP contribution in [0.25, 0.3) is 0 Å². The van der Waals surface area contributed by atoms with Gasteiger partial charge < -0.3 is 10.4 Å². The lowest BCUT2D eigenvalue weighted by molar-refractivity contribution is 0.0697. The molecular weight excluding hydrogens is 228 g/mol. The van der Waals surface area contributed by atoms with Crippen LogP contribution >= 0.6 is 0 Å². The summed E-state index contributed by atoms with van der Waals surface area (Å²) in [7, 11) is 0. The van der Waals surface area contributed by atoms with Crippen LogP contribution in [0, 0.1) is 12.3 Å². The monoisotopic (exact) mass is 248 g/mol. The number of anilines is 1. The summed E-state index contributed by atoms with van der Waals surface area (Å²) in [6.45, 7) is 4.93. The second-order valence-electron chi connectivity index (χ2n) is 5.24. The summed E-state index contributed by atoms with van der Waals surface area (Å²) in [6, 6.07) is 1.81. The van der Waals surface area contributed by atoms with Crippen LogP contribution in [-0.2, 0) is 0 Å². The van der Waals surface area contributed by atoms with Crippen molar-refractivity contribution in [2.45, 2.75) is 39.5 Å². The Hall–Kier alpha value is -1.58. The number of carbonyl (C=O) groups is 1. The van der Waals surface area contributed by atoms with Gasteiger partial charge >= 0.3 is 5.97 Å². The molecule has 1 aliphatic rings. The Morgan fingerprint density at radius 1 is 1.56 bits per heavy atom. The van der Waals surface area contributed by atoms with Crippen molar-refractivity contribution >= 4 is 11.7 Å². The smallest absolute Gasteiger partial charge is 0.339 e. The fourth-order valence-corrected chi connectivity index (χ4v) is 2.49. The first-order valence-electron chi connectivity index (χ1n) is 6.50. The van der Waals surface area contributed by atoms with Gasteiger partial charge in [-0.3, -0.25) is 4.98 Å². The van der Waals surface area contributed by atoms with Crippen LogP contribution in [0.5, 0.6) is 0 Å². The van der Waals surface area contributed by atoms with Crippen molar-refractivity contribution < 1.29 is 9.90 Å². The van der Waals surface area contributed by atoms with Gasteiger partial charge in [-0.2, -0.15) is 0 Å². The number of rotatable bonds is 5. The Kier molecular flexibility index (Phi) is 3.55. The van der Waals surface area contributed by atoms with E-state index in [0.717, 1.165) is 18.7 Å². The number of carboxylic acid groups (broad SMARTS) is 1. The summed E-state index contributed by atoms with van der Waals surface area (Å²) in [4.78, 5) is 15.2. The lowest BCUT2D eigenvalue weighted by Gasteiger charge is -2.41. The number of pyridine rings is 1. The second kappa shape index (κ2) is 4.96. The molecular formula is C14H20N2O2. The molecule has 0 unspecified atom stereocenters. The largest absolute Gasteiger partial charge is 0.478 e. The van der Waals surface area contributed by atoms with E-state index >= 15 is 0 Å². The van der Waals surface area contributed by atoms with Gasteiger partial charge in [0, 0.05) is 18.4 Å². The van der Waals surface area contributed by atoms with Gasteiger partial charge in [-0.25, -0.2) is 4.79 Å². The summed E-state index contributed by atoms with van der Waals surface area (Å²) >= 11 is 0. The molecule has 2 rings (SSSR count). The Balaban J connectivity index is 2.12. The van der Waals surface area contributed by atoms with Gasteiger partial charge in [-0.1, -0.05) is 13.3 Å². The van der Waals surface area contributed by atoms with E-state index in [0.29, 0.717) is 11.1 Å². The number of hydrogen-bond donors (Lipinski definition) is 2. The van der Waals surface area contributed by atoms with E-state index in [-0.39, 0.29) is 5.56 Å². The van der Waals surface area contributed by atoms with Crippen LogP contribution in [-0.4, -0.2) is 22.6 Å². The van der Waals surface area contributed by atoms with E-state index in [4.69, 9.17) is 5.11 Å². The number of nitrogens with one attached hydrogen (secondary N) is 1. The Morgan fingerprint density at radius 2 is 2.28 bits per heavy atom. The minimum atomic E-state index is -0.927. The molecule has 0 amide bonds. The van der Waals surface area contributed by atoms with Crippen molar-refractivity contribution in [2.75, 3.05) is 11.9 Å². The van der Waals surface area contributed by atoms with Gasteiger partial charge in [0.2, 0.25) is 0 Å². The molecule has 1 aliphatic carbocycles. The van der Waals surface area contributed by atoms with Gasteiger partial charge in [-0.05, 0) is 37.7 Å². The summed E-state index contributed by atoms with van der Waals surface area (Å²) < 4.78 is 0. The molecule has 0 aromatic carbocycles. The van der Waals surface area contributed by atoms with E-state index in [1.807, 2.05) is 13.0 Å². The summed E-state index contributed by atoms with van der Waals surface area (Å²) in [5.41, 5.74) is 2.15. The summed E-state index contributed by atoms with van der Waals surface area (Å²) in [5.74, 6) is -0.927. The number of aryl methyl sites for hydroxylation is 1. The van der Waals surface area contributed by atoms with E-state index in [1.165, 1.54) is 25.5 Å².